The molecule has 2 N–H and O–H groups in total. The number of hydrogen-bond acceptors (Lipinski definition) is 3. The molecule has 1 aliphatic carbocycles. The molecule has 4 nitrogen and oxygen atoms in total. The van der Waals surface area contributed by atoms with Crippen LogP contribution in [-0.2, 0) is 11.5 Å². The number of nitrogen functional groups attached to an aromatic ring is 1. The van der Waals surface area contributed by atoms with Gasteiger partial charge in [-0.1, -0.05) is 0 Å². The highest BCUT2D eigenvalue weighted by atomic mass is 16.5. The van der Waals surface area contributed by atoms with Crippen molar-refractivity contribution in [3.8, 4) is 0 Å². The van der Waals surface area contributed by atoms with Crippen LogP contribution in [0.3, 0.4) is 0 Å². The molecule has 1 fully saturated rings. The van der Waals surface area contributed by atoms with Gasteiger partial charge in [-0.25, -0.2) is 4.68 Å². The molecule has 13 heavy (non-hydrogen) atoms. The zero-order valence-electron chi connectivity index (χ0n) is 7.86. The molecule has 0 amide bonds. The van der Waals surface area contributed by atoms with E-state index in [0.29, 0.717) is 6.73 Å². The van der Waals surface area contributed by atoms with E-state index in [-0.39, 0.29) is 0 Å². The Bertz CT molecular complexity index is 291. The average Bonchev–Trinajstić information content (AvgIpc) is 2.88. The Kier molecular flexibility index (Phi) is 2.22. The maximum Gasteiger partial charge on any atom is 0.139 e. The SMILES string of the molecule is Cc1c(N)cnn1COCC1CC1. The molecule has 1 aromatic rings. The molecule has 0 bridgehead atoms. The molecular formula is C9H15N3O. The molecule has 0 aliphatic heterocycles. The summed E-state index contributed by atoms with van der Waals surface area (Å²) in [6.07, 6.45) is 4.30. The minimum atomic E-state index is 0.527. The summed E-state index contributed by atoms with van der Waals surface area (Å²) in [4.78, 5) is 0. The second-order valence-electron chi connectivity index (χ2n) is 3.63. The van der Waals surface area contributed by atoms with Gasteiger partial charge in [0.15, 0.2) is 0 Å². The van der Waals surface area contributed by atoms with Crippen molar-refractivity contribution >= 4 is 5.69 Å². The van der Waals surface area contributed by atoms with Gasteiger partial charge < -0.3 is 10.5 Å². The second-order valence-corrected chi connectivity index (χ2v) is 3.63. The number of ether oxygens (including phenoxy) is 1. The van der Waals surface area contributed by atoms with E-state index in [4.69, 9.17) is 10.5 Å². The zero-order valence-corrected chi connectivity index (χ0v) is 7.86. The van der Waals surface area contributed by atoms with E-state index in [1.54, 1.807) is 10.9 Å². The maximum absolute atomic E-state index is 5.65. The maximum atomic E-state index is 5.65. The molecule has 0 unspecified atom stereocenters. The van der Waals surface area contributed by atoms with E-state index < -0.39 is 0 Å². The first-order valence-electron chi connectivity index (χ1n) is 4.63. The van der Waals surface area contributed by atoms with E-state index in [2.05, 4.69) is 5.10 Å². The summed E-state index contributed by atoms with van der Waals surface area (Å²) in [6, 6.07) is 0. The molecule has 0 aromatic carbocycles. The highest BCUT2D eigenvalue weighted by molar-refractivity contribution is 5.39. The third kappa shape index (κ3) is 2.01. The Morgan fingerprint density at radius 1 is 1.69 bits per heavy atom. The lowest BCUT2D eigenvalue weighted by Gasteiger charge is -2.05. The van der Waals surface area contributed by atoms with Crippen molar-refractivity contribution in [1.29, 1.82) is 0 Å². The zero-order chi connectivity index (χ0) is 9.26. The fraction of sp³-hybridized carbons (Fsp3) is 0.667. The van der Waals surface area contributed by atoms with Gasteiger partial charge in [0.2, 0.25) is 0 Å². The Hall–Kier alpha value is -1.03. The van der Waals surface area contributed by atoms with E-state index >= 15 is 0 Å². The number of aromatic nitrogens is 2. The van der Waals surface area contributed by atoms with Crippen LogP contribution in [0.5, 0.6) is 0 Å². The van der Waals surface area contributed by atoms with E-state index in [1.165, 1.54) is 12.8 Å². The molecule has 72 valence electrons. The van der Waals surface area contributed by atoms with Crippen molar-refractivity contribution in [2.45, 2.75) is 26.5 Å². The highest BCUT2D eigenvalue weighted by Gasteiger charge is 2.21. The van der Waals surface area contributed by atoms with Gasteiger partial charge in [0.1, 0.15) is 6.73 Å². The molecule has 2 rings (SSSR count). The summed E-state index contributed by atoms with van der Waals surface area (Å²) in [5.41, 5.74) is 7.36. The topological polar surface area (TPSA) is 53.1 Å². The van der Waals surface area contributed by atoms with Crippen LogP contribution in [-0.4, -0.2) is 16.4 Å². The first-order valence-corrected chi connectivity index (χ1v) is 4.63. The summed E-state index contributed by atoms with van der Waals surface area (Å²) in [6.45, 7) is 3.33. The first-order chi connectivity index (χ1) is 6.27. The van der Waals surface area contributed by atoms with Crippen LogP contribution in [0.1, 0.15) is 18.5 Å². The lowest BCUT2D eigenvalue weighted by Crippen LogP contribution is -2.07. The second kappa shape index (κ2) is 3.38. The van der Waals surface area contributed by atoms with Gasteiger partial charge in [-0.3, -0.25) is 0 Å². The summed E-state index contributed by atoms with van der Waals surface area (Å²) in [5, 5.41) is 4.10. The largest absolute Gasteiger partial charge is 0.396 e. The normalized spacial score (nSPS) is 16.4. The van der Waals surface area contributed by atoms with Crippen molar-refractivity contribution in [3.05, 3.63) is 11.9 Å². The van der Waals surface area contributed by atoms with Gasteiger partial charge >= 0.3 is 0 Å². The van der Waals surface area contributed by atoms with Crippen LogP contribution in [0, 0.1) is 12.8 Å². The number of rotatable bonds is 4. The summed E-state index contributed by atoms with van der Waals surface area (Å²) >= 11 is 0. The van der Waals surface area contributed by atoms with Gasteiger partial charge in [0, 0.05) is 0 Å². The molecule has 1 aliphatic rings. The Balaban J connectivity index is 1.82. The van der Waals surface area contributed by atoms with Gasteiger partial charge in [-0.2, -0.15) is 5.10 Å². The highest BCUT2D eigenvalue weighted by Crippen LogP contribution is 2.28. The van der Waals surface area contributed by atoms with E-state index in [1.807, 2.05) is 6.92 Å². The molecule has 0 radical (unpaired) electrons. The number of anilines is 1. The van der Waals surface area contributed by atoms with Crippen LogP contribution in [0.25, 0.3) is 0 Å². The monoisotopic (exact) mass is 181 g/mol. The summed E-state index contributed by atoms with van der Waals surface area (Å²) in [7, 11) is 0. The predicted molar refractivity (Wildman–Crippen MR) is 50.1 cm³/mol. The van der Waals surface area contributed by atoms with Crippen molar-refractivity contribution < 1.29 is 4.74 Å². The van der Waals surface area contributed by atoms with Gasteiger partial charge in [-0.15, -0.1) is 0 Å². The molecule has 0 atom stereocenters. The molecule has 0 spiro atoms. The van der Waals surface area contributed by atoms with Crippen LogP contribution in [0.2, 0.25) is 0 Å². The molecule has 1 saturated carbocycles. The predicted octanol–water partition coefficient (Wildman–Crippen LogP) is 1.16. The van der Waals surface area contributed by atoms with E-state index in [9.17, 15) is 0 Å². The Labute approximate surface area is 77.7 Å². The van der Waals surface area contributed by atoms with Crippen LogP contribution < -0.4 is 5.73 Å². The molecular weight excluding hydrogens is 166 g/mol. The molecule has 0 saturated heterocycles. The lowest BCUT2D eigenvalue weighted by atomic mass is 10.4. The fourth-order valence-corrected chi connectivity index (χ4v) is 1.18. The Morgan fingerprint density at radius 2 is 2.46 bits per heavy atom. The summed E-state index contributed by atoms with van der Waals surface area (Å²) < 4.78 is 7.27. The molecule has 1 aromatic heterocycles. The average molecular weight is 181 g/mol. The van der Waals surface area contributed by atoms with Crippen LogP contribution >= 0.6 is 0 Å². The third-order valence-electron chi connectivity index (χ3n) is 2.41. The first kappa shape index (κ1) is 8.56. The minimum Gasteiger partial charge on any atom is -0.396 e. The lowest BCUT2D eigenvalue weighted by molar-refractivity contribution is 0.0599. The summed E-state index contributed by atoms with van der Waals surface area (Å²) in [5.74, 6) is 0.799. The third-order valence-corrected chi connectivity index (χ3v) is 2.41. The van der Waals surface area contributed by atoms with Crippen molar-refractivity contribution in [2.75, 3.05) is 12.3 Å². The van der Waals surface area contributed by atoms with Crippen molar-refractivity contribution in [3.63, 3.8) is 0 Å². The smallest absolute Gasteiger partial charge is 0.139 e. The number of nitrogens with zero attached hydrogens (tertiary/aromatic N) is 2. The van der Waals surface area contributed by atoms with Crippen LogP contribution in [0.15, 0.2) is 6.20 Å². The standard InChI is InChI=1S/C9H15N3O/c1-7-9(10)4-11-12(7)6-13-5-8-2-3-8/h4,8H,2-3,5-6,10H2,1H3. The van der Waals surface area contributed by atoms with Crippen molar-refractivity contribution in [2.24, 2.45) is 5.92 Å². The van der Waals surface area contributed by atoms with Gasteiger partial charge in [0.25, 0.3) is 0 Å². The van der Waals surface area contributed by atoms with Crippen molar-refractivity contribution in [1.82, 2.24) is 9.78 Å². The molecule has 1 heterocycles. The fourth-order valence-electron chi connectivity index (χ4n) is 1.18. The quantitative estimate of drug-likeness (QED) is 0.758. The Morgan fingerprint density at radius 3 is 3.00 bits per heavy atom. The minimum absolute atomic E-state index is 0.527. The number of nitrogens with two attached hydrogens (primary N) is 1. The van der Waals surface area contributed by atoms with Crippen LogP contribution in [0.4, 0.5) is 5.69 Å². The van der Waals surface area contributed by atoms with E-state index in [0.717, 1.165) is 23.9 Å². The van der Waals surface area contributed by atoms with Gasteiger partial charge in [-0.05, 0) is 25.7 Å². The molecule has 4 heteroatoms. The van der Waals surface area contributed by atoms with Gasteiger partial charge in [0.05, 0.1) is 24.2 Å². The number of hydrogen-bond donors (Lipinski definition) is 1.